The molecule has 3 rings (SSSR count). The van der Waals surface area contributed by atoms with E-state index < -0.39 is 0 Å². The van der Waals surface area contributed by atoms with E-state index >= 15 is 0 Å². The molecular weight excluding hydrogens is 350 g/mol. The summed E-state index contributed by atoms with van der Waals surface area (Å²) in [7, 11) is 0. The van der Waals surface area contributed by atoms with E-state index in [-0.39, 0.29) is 11.8 Å². The number of anilines is 1. The van der Waals surface area contributed by atoms with Crippen molar-refractivity contribution >= 4 is 35.8 Å². The predicted molar refractivity (Wildman–Crippen MR) is 104 cm³/mol. The molecule has 0 saturated carbocycles. The Morgan fingerprint density at radius 3 is 2.58 bits per heavy atom. The number of fused-ring (bicyclic) bond motifs is 1. The average molecular weight is 369 g/mol. The van der Waals surface area contributed by atoms with Crippen LogP contribution in [0.15, 0.2) is 30.5 Å². The lowest BCUT2D eigenvalue weighted by Crippen LogP contribution is -2.27. The fraction of sp³-hybridized carbons (Fsp3) is 0.222. The van der Waals surface area contributed by atoms with E-state index in [1.54, 1.807) is 0 Å². The number of aryl methyl sites for hydroxylation is 2. The van der Waals surface area contributed by atoms with Gasteiger partial charge in [0.15, 0.2) is 11.5 Å². The third-order valence-corrected chi connectivity index (χ3v) is 4.43. The number of phenols is 1. The minimum absolute atomic E-state index is 0.284. The summed E-state index contributed by atoms with van der Waals surface area (Å²) in [5.41, 5.74) is 4.20. The lowest BCUT2D eigenvalue weighted by Gasteiger charge is -2.13. The number of aromatic hydroxyl groups is 1. The zero-order valence-corrected chi connectivity index (χ0v) is 15.6. The van der Waals surface area contributed by atoms with E-state index in [0.717, 1.165) is 16.7 Å². The quantitative estimate of drug-likeness (QED) is 0.612. The van der Waals surface area contributed by atoms with Gasteiger partial charge in [0.25, 0.3) is 0 Å². The Morgan fingerprint density at radius 2 is 1.92 bits per heavy atom. The summed E-state index contributed by atoms with van der Waals surface area (Å²) in [5.74, 6) is 0.587. The number of aromatic nitrogens is 3. The standard InChI is InChI=1S/C18H19N5O2S/c1-4-23(26)18(25)22-15-9-19-14-6-5-13(20-17(14)21-15)12-7-10(2)16(24)11(3)8-12/h5-9,24,26H,4H2,1-3H3,(H,20,21,22,25). The number of thiol groups is 1. The first-order valence-electron chi connectivity index (χ1n) is 8.10. The van der Waals surface area contributed by atoms with Crippen molar-refractivity contribution in [3.8, 4) is 17.0 Å². The molecule has 0 radical (unpaired) electrons. The highest BCUT2D eigenvalue weighted by atomic mass is 32.1. The second kappa shape index (κ2) is 7.17. The summed E-state index contributed by atoms with van der Waals surface area (Å²) >= 11 is 4.06. The molecule has 0 saturated heterocycles. The largest absolute Gasteiger partial charge is 0.507 e. The molecule has 3 aromatic rings. The number of carbonyl (C=O) groups is 1. The zero-order chi connectivity index (χ0) is 18.8. The number of nitrogens with one attached hydrogen (secondary N) is 1. The Labute approximate surface area is 156 Å². The lowest BCUT2D eigenvalue weighted by atomic mass is 10.0. The van der Waals surface area contributed by atoms with E-state index in [0.29, 0.717) is 29.2 Å². The fourth-order valence-electron chi connectivity index (χ4n) is 2.54. The van der Waals surface area contributed by atoms with Crippen molar-refractivity contribution in [3.63, 3.8) is 0 Å². The van der Waals surface area contributed by atoms with Gasteiger partial charge in [-0.1, -0.05) is 12.8 Å². The summed E-state index contributed by atoms with van der Waals surface area (Å²) < 4.78 is 1.23. The van der Waals surface area contributed by atoms with Gasteiger partial charge in [-0.2, -0.15) is 0 Å². The van der Waals surface area contributed by atoms with Crippen molar-refractivity contribution in [3.05, 3.63) is 41.6 Å². The molecule has 0 aliphatic rings. The van der Waals surface area contributed by atoms with Gasteiger partial charge >= 0.3 is 6.03 Å². The van der Waals surface area contributed by atoms with Crippen LogP contribution in [-0.2, 0) is 0 Å². The van der Waals surface area contributed by atoms with Crippen LogP contribution in [0.2, 0.25) is 0 Å². The molecular formula is C18H19N5O2S. The second-order valence-electron chi connectivity index (χ2n) is 5.90. The summed E-state index contributed by atoms with van der Waals surface area (Å²) in [6, 6.07) is 7.04. The van der Waals surface area contributed by atoms with Crippen molar-refractivity contribution in [2.75, 3.05) is 11.9 Å². The minimum Gasteiger partial charge on any atom is -0.507 e. The molecule has 134 valence electrons. The van der Waals surface area contributed by atoms with Gasteiger partial charge in [0.1, 0.15) is 11.3 Å². The number of nitrogens with zero attached hydrogens (tertiary/aromatic N) is 4. The van der Waals surface area contributed by atoms with Gasteiger partial charge in [-0.25, -0.2) is 19.7 Å². The predicted octanol–water partition coefficient (Wildman–Crippen LogP) is 3.71. The zero-order valence-electron chi connectivity index (χ0n) is 14.7. The molecule has 0 bridgehead atoms. The van der Waals surface area contributed by atoms with Crippen LogP contribution in [0.5, 0.6) is 5.75 Å². The third-order valence-electron chi connectivity index (χ3n) is 3.96. The van der Waals surface area contributed by atoms with Crippen molar-refractivity contribution in [1.82, 2.24) is 19.3 Å². The first kappa shape index (κ1) is 17.9. The number of hydrogen-bond donors (Lipinski definition) is 3. The van der Waals surface area contributed by atoms with E-state index in [4.69, 9.17) is 0 Å². The number of hydrogen-bond acceptors (Lipinski definition) is 6. The molecule has 0 fully saturated rings. The van der Waals surface area contributed by atoms with Gasteiger partial charge in [0.2, 0.25) is 0 Å². The maximum Gasteiger partial charge on any atom is 0.332 e. The third kappa shape index (κ3) is 3.55. The highest BCUT2D eigenvalue weighted by Gasteiger charge is 2.11. The number of phenolic OH excluding ortho intramolecular Hbond substituents is 1. The van der Waals surface area contributed by atoms with Crippen LogP contribution in [0, 0.1) is 13.8 Å². The number of benzene rings is 1. The van der Waals surface area contributed by atoms with Crippen LogP contribution < -0.4 is 5.32 Å². The number of urea groups is 1. The molecule has 8 heteroatoms. The van der Waals surface area contributed by atoms with Gasteiger partial charge in [-0.15, -0.1) is 0 Å². The van der Waals surface area contributed by atoms with Gasteiger partial charge in [0.05, 0.1) is 11.9 Å². The highest BCUT2D eigenvalue weighted by molar-refractivity contribution is 7.78. The van der Waals surface area contributed by atoms with Crippen molar-refractivity contribution in [2.45, 2.75) is 20.8 Å². The van der Waals surface area contributed by atoms with Gasteiger partial charge in [0, 0.05) is 12.1 Å². The number of amides is 2. The Morgan fingerprint density at radius 1 is 1.23 bits per heavy atom. The minimum atomic E-state index is -0.384. The molecule has 2 heterocycles. The maximum absolute atomic E-state index is 11.9. The molecule has 7 nitrogen and oxygen atoms in total. The molecule has 0 spiro atoms. The molecule has 26 heavy (non-hydrogen) atoms. The van der Waals surface area contributed by atoms with Crippen LogP contribution in [0.3, 0.4) is 0 Å². The molecule has 0 unspecified atom stereocenters. The van der Waals surface area contributed by atoms with Crippen LogP contribution >= 0.6 is 12.8 Å². The molecule has 2 aromatic heterocycles. The monoisotopic (exact) mass is 369 g/mol. The van der Waals surface area contributed by atoms with E-state index in [9.17, 15) is 9.90 Å². The Bertz CT molecular complexity index is 969. The van der Waals surface area contributed by atoms with E-state index in [1.807, 2.05) is 45.0 Å². The SMILES string of the molecule is CCN(S)C(=O)Nc1cnc2ccc(-c3cc(C)c(O)c(C)c3)nc2n1. The topological polar surface area (TPSA) is 91.2 Å². The van der Waals surface area contributed by atoms with Crippen LogP contribution in [-0.4, -0.2) is 36.9 Å². The molecule has 1 aromatic carbocycles. The van der Waals surface area contributed by atoms with Gasteiger partial charge in [-0.05, 0) is 56.2 Å². The Kier molecular flexibility index (Phi) is 4.94. The highest BCUT2D eigenvalue weighted by Crippen LogP contribution is 2.28. The van der Waals surface area contributed by atoms with E-state index in [2.05, 4.69) is 33.1 Å². The lowest BCUT2D eigenvalue weighted by molar-refractivity contribution is 0.240. The first-order chi connectivity index (χ1) is 12.4. The Balaban J connectivity index is 1.98. The van der Waals surface area contributed by atoms with Crippen molar-refractivity contribution in [2.24, 2.45) is 0 Å². The molecule has 0 atom stereocenters. The number of rotatable bonds is 3. The fourth-order valence-corrected chi connectivity index (χ4v) is 2.59. The normalized spacial score (nSPS) is 10.8. The van der Waals surface area contributed by atoms with Crippen molar-refractivity contribution < 1.29 is 9.90 Å². The van der Waals surface area contributed by atoms with Gasteiger partial charge in [-0.3, -0.25) is 9.62 Å². The molecule has 0 aliphatic heterocycles. The maximum atomic E-state index is 11.9. The average Bonchev–Trinajstić information content (AvgIpc) is 2.64. The van der Waals surface area contributed by atoms with Crippen molar-refractivity contribution in [1.29, 1.82) is 0 Å². The summed E-state index contributed by atoms with van der Waals surface area (Å²) in [6.45, 7) is 5.96. The Hall–Kier alpha value is -2.87. The van der Waals surface area contributed by atoms with Crippen LogP contribution in [0.4, 0.5) is 10.6 Å². The number of carbonyl (C=O) groups excluding carboxylic acids is 1. The molecule has 0 aliphatic carbocycles. The van der Waals surface area contributed by atoms with Crippen LogP contribution in [0.25, 0.3) is 22.4 Å². The number of pyridine rings is 1. The summed E-state index contributed by atoms with van der Waals surface area (Å²) in [6.07, 6.45) is 1.48. The van der Waals surface area contributed by atoms with E-state index in [1.165, 1.54) is 10.5 Å². The second-order valence-corrected chi connectivity index (χ2v) is 6.38. The molecule has 2 N–H and O–H groups in total. The smallest absolute Gasteiger partial charge is 0.332 e. The summed E-state index contributed by atoms with van der Waals surface area (Å²) in [4.78, 5) is 25.1. The first-order valence-corrected chi connectivity index (χ1v) is 8.50. The van der Waals surface area contributed by atoms with Crippen LogP contribution in [0.1, 0.15) is 18.1 Å². The summed E-state index contributed by atoms with van der Waals surface area (Å²) in [5, 5.41) is 12.6. The molecule has 2 amide bonds. The van der Waals surface area contributed by atoms with Gasteiger partial charge < -0.3 is 5.11 Å².